The molecular formula is C17H22F3N5O2. The smallest absolute Gasteiger partial charge is 0.365 e. The molecule has 1 aliphatic heterocycles. The van der Waals surface area contributed by atoms with Gasteiger partial charge in [0.2, 0.25) is 0 Å². The molecular weight excluding hydrogens is 363 g/mol. The van der Waals surface area contributed by atoms with E-state index in [2.05, 4.69) is 28.8 Å². The second kappa shape index (κ2) is 7.81. The molecule has 1 aliphatic rings. The molecule has 2 aromatic heterocycles. The average molecular weight is 385 g/mol. The molecule has 0 N–H and O–H groups in total. The van der Waals surface area contributed by atoms with Crippen LogP contribution in [0, 0.1) is 0 Å². The molecule has 1 unspecified atom stereocenters. The van der Waals surface area contributed by atoms with Crippen LogP contribution in [-0.2, 0) is 11.3 Å². The second-order valence-electron chi connectivity index (χ2n) is 6.40. The lowest BCUT2D eigenvalue weighted by molar-refractivity contribution is -0.233. The van der Waals surface area contributed by atoms with Crippen LogP contribution < -0.4 is 0 Å². The van der Waals surface area contributed by atoms with Gasteiger partial charge in [0.05, 0.1) is 19.3 Å². The Balaban J connectivity index is 1.79. The molecule has 3 rings (SSSR count). The minimum absolute atomic E-state index is 0.1000. The van der Waals surface area contributed by atoms with Gasteiger partial charge in [0.25, 0.3) is 5.91 Å². The van der Waals surface area contributed by atoms with Crippen molar-refractivity contribution in [2.45, 2.75) is 32.7 Å². The number of rotatable bonds is 5. The summed E-state index contributed by atoms with van der Waals surface area (Å²) < 4.78 is 44.9. The zero-order valence-electron chi connectivity index (χ0n) is 15.2. The number of carbonyl (C=O) groups is 1. The zero-order valence-corrected chi connectivity index (χ0v) is 15.2. The van der Waals surface area contributed by atoms with E-state index in [1.807, 2.05) is 0 Å². The van der Waals surface area contributed by atoms with Crippen molar-refractivity contribution < 1.29 is 22.7 Å². The number of alkyl halides is 3. The lowest BCUT2D eigenvalue weighted by Gasteiger charge is -2.33. The molecule has 0 bridgehead atoms. The average Bonchev–Trinajstić information content (AvgIpc) is 3.08. The first-order valence-corrected chi connectivity index (χ1v) is 8.85. The van der Waals surface area contributed by atoms with Gasteiger partial charge in [-0.2, -0.15) is 18.3 Å². The Morgan fingerprint density at radius 1 is 1.33 bits per heavy atom. The number of ether oxygens (including phenoxy) is 1. The third-order valence-corrected chi connectivity index (χ3v) is 4.66. The van der Waals surface area contributed by atoms with E-state index < -0.39 is 24.7 Å². The Morgan fingerprint density at radius 2 is 2.07 bits per heavy atom. The molecule has 0 aliphatic carbocycles. The van der Waals surface area contributed by atoms with Gasteiger partial charge in [0.1, 0.15) is 5.56 Å². The molecule has 1 amide bonds. The van der Waals surface area contributed by atoms with Crippen molar-refractivity contribution in [3.63, 3.8) is 0 Å². The summed E-state index contributed by atoms with van der Waals surface area (Å²) in [5.41, 5.74) is 1.46. The molecule has 10 heteroatoms. The molecule has 3 heterocycles. The first kappa shape index (κ1) is 19.6. The van der Waals surface area contributed by atoms with Gasteiger partial charge in [0.15, 0.2) is 11.8 Å². The number of fused-ring (bicyclic) bond motifs is 1. The number of aromatic nitrogens is 3. The molecule has 1 fully saturated rings. The third-order valence-electron chi connectivity index (χ3n) is 4.66. The normalized spacial score (nSPS) is 18.4. The summed E-state index contributed by atoms with van der Waals surface area (Å²) in [4.78, 5) is 20.4. The van der Waals surface area contributed by atoms with Gasteiger partial charge in [-0.3, -0.25) is 9.69 Å². The van der Waals surface area contributed by atoms with Gasteiger partial charge in [0, 0.05) is 31.0 Å². The Hall–Kier alpha value is -2.20. The van der Waals surface area contributed by atoms with E-state index in [0.29, 0.717) is 12.2 Å². The predicted molar refractivity (Wildman–Crippen MR) is 91.3 cm³/mol. The Kier molecular flexibility index (Phi) is 5.66. The summed E-state index contributed by atoms with van der Waals surface area (Å²) in [6, 6.07) is 0. The minimum Gasteiger partial charge on any atom is -0.365 e. The minimum atomic E-state index is -4.50. The van der Waals surface area contributed by atoms with Gasteiger partial charge in [-0.05, 0) is 13.1 Å². The molecule has 0 radical (unpaired) electrons. The molecule has 1 atom stereocenters. The fourth-order valence-electron chi connectivity index (χ4n) is 3.05. The van der Waals surface area contributed by atoms with Crippen LogP contribution in [0.1, 0.15) is 29.8 Å². The van der Waals surface area contributed by atoms with E-state index in [9.17, 15) is 18.0 Å². The molecule has 7 nitrogen and oxygen atoms in total. The van der Waals surface area contributed by atoms with Crippen LogP contribution in [0.3, 0.4) is 0 Å². The van der Waals surface area contributed by atoms with Crippen molar-refractivity contribution in [3.8, 4) is 0 Å². The highest BCUT2D eigenvalue weighted by molar-refractivity contribution is 5.99. The number of hydrogen-bond donors (Lipinski definition) is 0. The van der Waals surface area contributed by atoms with Crippen molar-refractivity contribution in [3.05, 3.63) is 29.7 Å². The Morgan fingerprint density at radius 3 is 2.74 bits per heavy atom. The highest BCUT2D eigenvalue weighted by Crippen LogP contribution is 2.26. The topological polar surface area (TPSA) is 63.0 Å². The summed E-state index contributed by atoms with van der Waals surface area (Å²) in [5, 5.41) is 4.16. The van der Waals surface area contributed by atoms with Crippen LogP contribution in [0.5, 0.6) is 0 Å². The van der Waals surface area contributed by atoms with E-state index in [1.165, 1.54) is 10.7 Å². The first-order chi connectivity index (χ1) is 12.8. The fraction of sp³-hybridized carbons (Fsp3) is 0.588. The first-order valence-electron chi connectivity index (χ1n) is 8.85. The fourth-order valence-corrected chi connectivity index (χ4v) is 3.05. The van der Waals surface area contributed by atoms with E-state index in [-0.39, 0.29) is 18.7 Å². The SMILES string of the molecule is CCN(CC)Cc1cnc2c(C(=O)N3CCOC(C(F)(F)F)C3)cnn2c1. The summed E-state index contributed by atoms with van der Waals surface area (Å²) in [7, 11) is 0. The molecule has 148 valence electrons. The highest BCUT2D eigenvalue weighted by atomic mass is 19.4. The molecule has 0 saturated carbocycles. The summed E-state index contributed by atoms with van der Waals surface area (Å²) in [6.07, 6.45) is -1.66. The van der Waals surface area contributed by atoms with Crippen LogP contribution in [0.15, 0.2) is 18.6 Å². The van der Waals surface area contributed by atoms with Crippen LogP contribution in [0.25, 0.3) is 5.65 Å². The lowest BCUT2D eigenvalue weighted by atomic mass is 10.2. The maximum atomic E-state index is 12.9. The van der Waals surface area contributed by atoms with Crippen LogP contribution in [-0.4, -0.2) is 75.4 Å². The monoisotopic (exact) mass is 385 g/mol. The maximum absolute atomic E-state index is 12.9. The van der Waals surface area contributed by atoms with Crippen molar-refractivity contribution in [1.82, 2.24) is 24.4 Å². The summed E-state index contributed by atoms with van der Waals surface area (Å²) >= 11 is 0. The number of morpholine rings is 1. The molecule has 0 spiro atoms. The molecule has 0 aromatic carbocycles. The number of amides is 1. The van der Waals surface area contributed by atoms with E-state index in [0.717, 1.165) is 23.6 Å². The van der Waals surface area contributed by atoms with Gasteiger partial charge < -0.3 is 9.64 Å². The lowest BCUT2D eigenvalue weighted by Crippen LogP contribution is -2.51. The summed E-state index contributed by atoms with van der Waals surface area (Å²) in [5.74, 6) is -0.522. The third kappa shape index (κ3) is 4.22. The standard InChI is InChI=1S/C17H22F3N5O2/c1-3-23(4-2)9-12-7-21-15-13(8-22-25(15)10-12)16(26)24-5-6-27-14(11-24)17(18,19)20/h7-8,10,14H,3-6,9,11H2,1-2H3. The Labute approximate surface area is 154 Å². The number of halogens is 3. The van der Waals surface area contributed by atoms with Crippen LogP contribution in [0.4, 0.5) is 13.2 Å². The number of nitrogens with zero attached hydrogens (tertiary/aromatic N) is 5. The van der Waals surface area contributed by atoms with E-state index >= 15 is 0 Å². The van der Waals surface area contributed by atoms with Crippen LogP contribution >= 0.6 is 0 Å². The Bertz CT molecular complexity index is 803. The highest BCUT2D eigenvalue weighted by Gasteiger charge is 2.44. The van der Waals surface area contributed by atoms with Gasteiger partial charge in [-0.25, -0.2) is 9.50 Å². The quantitative estimate of drug-likeness (QED) is 0.788. The largest absolute Gasteiger partial charge is 0.416 e. The van der Waals surface area contributed by atoms with Crippen molar-refractivity contribution in [2.75, 3.05) is 32.8 Å². The maximum Gasteiger partial charge on any atom is 0.416 e. The second-order valence-corrected chi connectivity index (χ2v) is 6.40. The number of carbonyl (C=O) groups excluding carboxylic acids is 1. The molecule has 27 heavy (non-hydrogen) atoms. The zero-order chi connectivity index (χ0) is 19.6. The predicted octanol–water partition coefficient (Wildman–Crippen LogP) is 1.97. The summed E-state index contributed by atoms with van der Waals surface area (Å²) in [6.45, 7) is 6.05. The van der Waals surface area contributed by atoms with Crippen molar-refractivity contribution >= 4 is 11.6 Å². The number of hydrogen-bond acceptors (Lipinski definition) is 5. The van der Waals surface area contributed by atoms with Gasteiger partial charge >= 0.3 is 6.18 Å². The van der Waals surface area contributed by atoms with Crippen LogP contribution in [0.2, 0.25) is 0 Å². The van der Waals surface area contributed by atoms with Gasteiger partial charge in [-0.1, -0.05) is 13.8 Å². The van der Waals surface area contributed by atoms with E-state index in [1.54, 1.807) is 12.4 Å². The van der Waals surface area contributed by atoms with Gasteiger partial charge in [-0.15, -0.1) is 0 Å². The van der Waals surface area contributed by atoms with Crippen molar-refractivity contribution in [1.29, 1.82) is 0 Å². The van der Waals surface area contributed by atoms with Crippen molar-refractivity contribution in [2.24, 2.45) is 0 Å². The molecule has 2 aromatic rings. The van der Waals surface area contributed by atoms with E-state index in [4.69, 9.17) is 4.74 Å². The molecule has 1 saturated heterocycles.